The van der Waals surface area contributed by atoms with Crippen LogP contribution in [0.2, 0.25) is 0 Å². The van der Waals surface area contributed by atoms with Crippen molar-refractivity contribution in [3.05, 3.63) is 18.0 Å². The first-order valence-electron chi connectivity index (χ1n) is 5.92. The van der Waals surface area contributed by atoms with E-state index in [0.717, 1.165) is 6.42 Å². The second-order valence-electron chi connectivity index (χ2n) is 4.61. The van der Waals surface area contributed by atoms with Crippen molar-refractivity contribution in [3.63, 3.8) is 0 Å². The first-order valence-corrected chi connectivity index (χ1v) is 5.92. The average molecular weight is 251 g/mol. The molecule has 1 heterocycles. The van der Waals surface area contributed by atoms with Gasteiger partial charge in [0.1, 0.15) is 0 Å². The molecular formula is C13H17NO4. The van der Waals surface area contributed by atoms with Crippen LogP contribution >= 0.6 is 0 Å². The van der Waals surface area contributed by atoms with Crippen LogP contribution in [0.1, 0.15) is 25.0 Å². The lowest BCUT2D eigenvalue weighted by molar-refractivity contribution is -0.154. The molecule has 1 N–H and O–H groups in total. The van der Waals surface area contributed by atoms with Crippen molar-refractivity contribution in [1.82, 2.24) is 4.98 Å². The molecule has 5 nitrogen and oxygen atoms in total. The fourth-order valence-electron chi connectivity index (χ4n) is 2.37. The summed E-state index contributed by atoms with van der Waals surface area (Å²) in [5, 5.41) is 9.34. The van der Waals surface area contributed by atoms with Crippen molar-refractivity contribution in [2.45, 2.75) is 25.7 Å². The van der Waals surface area contributed by atoms with E-state index in [4.69, 9.17) is 9.47 Å². The molecular weight excluding hydrogens is 234 g/mol. The molecule has 1 fully saturated rings. The number of carbonyl (C=O) groups is 1. The van der Waals surface area contributed by atoms with E-state index in [-0.39, 0.29) is 0 Å². The maximum absolute atomic E-state index is 11.4. The van der Waals surface area contributed by atoms with Crippen molar-refractivity contribution in [3.8, 4) is 11.5 Å². The number of carboxylic acids is 1. The molecule has 98 valence electrons. The molecule has 1 aromatic rings. The summed E-state index contributed by atoms with van der Waals surface area (Å²) in [5.41, 5.74) is -0.0222. The summed E-state index contributed by atoms with van der Waals surface area (Å²) in [4.78, 5) is 15.6. The maximum atomic E-state index is 11.4. The Bertz CT molecular complexity index is 454. The van der Waals surface area contributed by atoms with E-state index in [1.165, 1.54) is 7.11 Å². The topological polar surface area (TPSA) is 68.7 Å². The Morgan fingerprint density at radius 2 is 2.17 bits per heavy atom. The minimum Gasteiger partial charge on any atom is -0.493 e. The molecule has 1 saturated carbocycles. The molecule has 0 radical (unpaired) electrons. The van der Waals surface area contributed by atoms with Gasteiger partial charge < -0.3 is 14.6 Å². The molecule has 0 aliphatic heterocycles. The zero-order chi connectivity index (χ0) is 13.2. The number of methoxy groups -OCH3 is 2. The van der Waals surface area contributed by atoms with Crippen LogP contribution in [0.3, 0.4) is 0 Å². The van der Waals surface area contributed by atoms with Crippen LogP contribution < -0.4 is 9.47 Å². The van der Waals surface area contributed by atoms with Gasteiger partial charge in [0.2, 0.25) is 0 Å². The van der Waals surface area contributed by atoms with Gasteiger partial charge in [-0.05, 0) is 12.8 Å². The largest absolute Gasteiger partial charge is 0.493 e. The molecule has 0 atom stereocenters. The summed E-state index contributed by atoms with van der Waals surface area (Å²) >= 11 is 0. The van der Waals surface area contributed by atoms with Crippen LogP contribution in [0.15, 0.2) is 12.3 Å². The second-order valence-corrected chi connectivity index (χ2v) is 4.61. The summed E-state index contributed by atoms with van der Waals surface area (Å²) in [6.45, 7) is 0. The normalized spacial score (nSPS) is 16.8. The van der Waals surface area contributed by atoms with Crippen molar-refractivity contribution >= 4 is 5.97 Å². The van der Waals surface area contributed by atoms with Gasteiger partial charge in [-0.3, -0.25) is 9.78 Å². The predicted octanol–water partition coefficient (Wildman–Crippen LogP) is 1.90. The zero-order valence-corrected chi connectivity index (χ0v) is 10.6. The number of hydrogen-bond acceptors (Lipinski definition) is 4. The summed E-state index contributed by atoms with van der Waals surface area (Å²) in [6, 6.07) is 1.70. The predicted molar refractivity (Wildman–Crippen MR) is 65.0 cm³/mol. The SMILES string of the molecule is COc1ccnc(CC2(C(=O)O)CCC2)c1OC. The fourth-order valence-corrected chi connectivity index (χ4v) is 2.37. The molecule has 1 aliphatic carbocycles. The zero-order valence-electron chi connectivity index (χ0n) is 10.6. The van der Waals surface area contributed by atoms with Gasteiger partial charge >= 0.3 is 5.97 Å². The molecule has 0 spiro atoms. The number of ether oxygens (including phenoxy) is 2. The lowest BCUT2D eigenvalue weighted by Gasteiger charge is -2.37. The van der Waals surface area contributed by atoms with Crippen molar-refractivity contribution in [2.75, 3.05) is 14.2 Å². The molecule has 0 bridgehead atoms. The van der Waals surface area contributed by atoms with Crippen LogP contribution in [-0.2, 0) is 11.2 Å². The molecule has 1 aromatic heterocycles. The van der Waals surface area contributed by atoms with Crippen LogP contribution in [0.4, 0.5) is 0 Å². The Morgan fingerprint density at radius 1 is 1.44 bits per heavy atom. The quantitative estimate of drug-likeness (QED) is 0.865. The highest BCUT2D eigenvalue weighted by molar-refractivity contribution is 5.76. The van der Waals surface area contributed by atoms with Crippen LogP contribution in [0, 0.1) is 5.41 Å². The minimum atomic E-state index is -0.750. The Morgan fingerprint density at radius 3 is 2.61 bits per heavy atom. The highest BCUT2D eigenvalue weighted by Crippen LogP contribution is 2.45. The molecule has 0 saturated heterocycles. The second kappa shape index (κ2) is 4.84. The molecule has 2 rings (SSSR count). The molecule has 0 aromatic carbocycles. The number of hydrogen-bond donors (Lipinski definition) is 1. The number of rotatable bonds is 5. The lowest BCUT2D eigenvalue weighted by atomic mass is 9.66. The first kappa shape index (κ1) is 12.7. The standard InChI is InChI=1S/C13H17NO4/c1-17-10-4-7-14-9(11(10)18-2)8-13(12(15)16)5-3-6-13/h4,7H,3,5-6,8H2,1-2H3,(H,15,16). The summed E-state index contributed by atoms with van der Waals surface area (Å²) in [5.74, 6) is 0.371. The third kappa shape index (κ3) is 2.00. The number of nitrogens with zero attached hydrogens (tertiary/aromatic N) is 1. The van der Waals surface area contributed by atoms with E-state index in [9.17, 15) is 9.90 Å². The average Bonchev–Trinajstić information content (AvgIpc) is 2.32. The fraction of sp³-hybridized carbons (Fsp3) is 0.538. The van der Waals surface area contributed by atoms with Gasteiger partial charge in [0.05, 0.1) is 25.3 Å². The number of aliphatic carboxylic acids is 1. The van der Waals surface area contributed by atoms with Gasteiger partial charge in [-0.1, -0.05) is 6.42 Å². The van der Waals surface area contributed by atoms with E-state index < -0.39 is 11.4 Å². The van der Waals surface area contributed by atoms with E-state index >= 15 is 0 Å². The van der Waals surface area contributed by atoms with Crippen molar-refractivity contribution in [2.24, 2.45) is 5.41 Å². The maximum Gasteiger partial charge on any atom is 0.310 e. The third-order valence-electron chi connectivity index (χ3n) is 3.64. The third-order valence-corrected chi connectivity index (χ3v) is 3.64. The summed E-state index contributed by atoms with van der Waals surface area (Å²) in [6.07, 6.45) is 4.36. The minimum absolute atomic E-state index is 0.392. The van der Waals surface area contributed by atoms with Gasteiger partial charge in [-0.15, -0.1) is 0 Å². The van der Waals surface area contributed by atoms with Crippen LogP contribution in [0.5, 0.6) is 11.5 Å². The van der Waals surface area contributed by atoms with Crippen molar-refractivity contribution in [1.29, 1.82) is 0 Å². The van der Waals surface area contributed by atoms with Gasteiger partial charge in [0.15, 0.2) is 11.5 Å². The smallest absolute Gasteiger partial charge is 0.310 e. The van der Waals surface area contributed by atoms with Crippen molar-refractivity contribution < 1.29 is 19.4 Å². The van der Waals surface area contributed by atoms with Crippen LogP contribution in [0.25, 0.3) is 0 Å². The van der Waals surface area contributed by atoms with E-state index in [0.29, 0.717) is 36.5 Å². The monoisotopic (exact) mass is 251 g/mol. The highest BCUT2D eigenvalue weighted by atomic mass is 16.5. The number of pyridine rings is 1. The van der Waals surface area contributed by atoms with E-state index in [1.54, 1.807) is 19.4 Å². The molecule has 1 aliphatic rings. The Hall–Kier alpha value is -1.78. The number of aromatic nitrogens is 1. The van der Waals surface area contributed by atoms with Crippen LogP contribution in [-0.4, -0.2) is 30.3 Å². The van der Waals surface area contributed by atoms with E-state index in [2.05, 4.69) is 4.98 Å². The molecule has 5 heteroatoms. The summed E-state index contributed by atoms with van der Waals surface area (Å²) < 4.78 is 10.5. The van der Waals surface area contributed by atoms with Gasteiger partial charge in [0.25, 0.3) is 0 Å². The van der Waals surface area contributed by atoms with E-state index in [1.807, 2.05) is 0 Å². The van der Waals surface area contributed by atoms with Gasteiger partial charge in [-0.25, -0.2) is 0 Å². The van der Waals surface area contributed by atoms with Gasteiger partial charge in [0, 0.05) is 18.7 Å². The Labute approximate surface area is 106 Å². The summed E-state index contributed by atoms with van der Waals surface area (Å²) in [7, 11) is 3.09. The van der Waals surface area contributed by atoms with Gasteiger partial charge in [-0.2, -0.15) is 0 Å². The first-order chi connectivity index (χ1) is 8.63. The molecule has 0 amide bonds. The lowest BCUT2D eigenvalue weighted by Crippen LogP contribution is -2.40. The Kier molecular flexibility index (Phi) is 3.41. The highest BCUT2D eigenvalue weighted by Gasteiger charge is 2.45. The Balaban J connectivity index is 2.31. The molecule has 0 unspecified atom stereocenters. The molecule has 18 heavy (non-hydrogen) atoms. The number of carboxylic acid groups (broad SMARTS) is 1.